The van der Waals surface area contributed by atoms with Crippen molar-refractivity contribution >= 4 is 11.5 Å². The van der Waals surface area contributed by atoms with E-state index in [9.17, 15) is 5.11 Å². The van der Waals surface area contributed by atoms with Crippen LogP contribution in [-0.2, 0) is 6.61 Å². The molecule has 0 radical (unpaired) electrons. The number of anilines is 1. The van der Waals surface area contributed by atoms with Gasteiger partial charge < -0.3 is 10.0 Å². The Bertz CT molecular complexity index is 595. The number of aliphatic hydroxyl groups excluding tert-OH is 1. The van der Waals surface area contributed by atoms with Crippen LogP contribution in [0.15, 0.2) is 24.4 Å². The van der Waals surface area contributed by atoms with Gasteiger partial charge in [-0.2, -0.15) is 0 Å². The lowest BCUT2D eigenvalue weighted by Gasteiger charge is -2.39. The van der Waals surface area contributed by atoms with Crippen LogP contribution in [0, 0.1) is 0 Å². The molecule has 1 saturated heterocycles. The van der Waals surface area contributed by atoms with Gasteiger partial charge in [0.1, 0.15) is 5.65 Å². The number of pyridine rings is 1. The quantitative estimate of drug-likeness (QED) is 0.918. The van der Waals surface area contributed by atoms with E-state index in [1.54, 1.807) is 0 Å². The monoisotopic (exact) mass is 274 g/mol. The number of hydrogen-bond donors (Lipinski definition) is 1. The van der Waals surface area contributed by atoms with E-state index in [2.05, 4.69) is 23.8 Å². The van der Waals surface area contributed by atoms with Crippen LogP contribution >= 0.6 is 0 Å². The minimum atomic E-state index is 0.0175. The van der Waals surface area contributed by atoms with E-state index in [-0.39, 0.29) is 6.61 Å². The van der Waals surface area contributed by atoms with Gasteiger partial charge in [0.2, 0.25) is 0 Å². The molecule has 2 aromatic rings. The highest BCUT2D eigenvalue weighted by molar-refractivity contribution is 5.56. The Balaban J connectivity index is 1.97. The molecule has 5 nitrogen and oxygen atoms in total. The molecule has 3 heterocycles. The third-order valence-electron chi connectivity index (χ3n) is 4.31. The van der Waals surface area contributed by atoms with Crippen molar-refractivity contribution in [2.45, 2.75) is 26.0 Å². The minimum Gasteiger partial charge on any atom is -0.390 e. The Morgan fingerprint density at radius 1 is 1.35 bits per heavy atom. The van der Waals surface area contributed by atoms with Gasteiger partial charge in [0.25, 0.3) is 0 Å². The summed E-state index contributed by atoms with van der Waals surface area (Å²) in [6, 6.07) is 6.48. The number of likely N-dealkylation sites (N-methyl/N-ethyl adjacent to an activating group) is 1. The summed E-state index contributed by atoms with van der Waals surface area (Å²) in [6.45, 7) is 5.22. The maximum Gasteiger partial charge on any atom is 0.153 e. The Hall–Kier alpha value is -1.59. The third-order valence-corrected chi connectivity index (χ3v) is 4.31. The zero-order chi connectivity index (χ0) is 14.1. The molecule has 0 aliphatic carbocycles. The Kier molecular flexibility index (Phi) is 3.63. The highest BCUT2D eigenvalue weighted by Crippen LogP contribution is 2.24. The van der Waals surface area contributed by atoms with Crippen LogP contribution in [0.25, 0.3) is 5.65 Å². The second kappa shape index (κ2) is 5.42. The van der Waals surface area contributed by atoms with Crippen molar-refractivity contribution in [3.63, 3.8) is 0 Å². The predicted molar refractivity (Wildman–Crippen MR) is 80.0 cm³/mol. The fourth-order valence-electron chi connectivity index (χ4n) is 3.01. The molecule has 0 saturated carbocycles. The van der Waals surface area contributed by atoms with E-state index >= 15 is 0 Å². The Morgan fingerprint density at radius 3 is 2.95 bits per heavy atom. The van der Waals surface area contributed by atoms with E-state index in [0.717, 1.165) is 43.2 Å². The molecule has 0 aromatic carbocycles. The molecule has 1 aliphatic rings. The van der Waals surface area contributed by atoms with E-state index in [0.29, 0.717) is 6.04 Å². The number of piperazine rings is 1. The summed E-state index contributed by atoms with van der Waals surface area (Å²) in [5.74, 6) is 0.935. The molecule has 2 aromatic heterocycles. The smallest absolute Gasteiger partial charge is 0.153 e. The van der Waals surface area contributed by atoms with Gasteiger partial charge in [0.05, 0.1) is 12.3 Å². The fraction of sp³-hybridized carbons (Fsp3) is 0.533. The van der Waals surface area contributed by atoms with E-state index in [1.165, 1.54) is 0 Å². The van der Waals surface area contributed by atoms with Crippen molar-refractivity contribution in [2.24, 2.45) is 0 Å². The van der Waals surface area contributed by atoms with Gasteiger partial charge >= 0.3 is 0 Å². The molecular weight excluding hydrogens is 252 g/mol. The molecule has 0 amide bonds. The van der Waals surface area contributed by atoms with Crippen molar-refractivity contribution in [1.29, 1.82) is 0 Å². The first-order valence-corrected chi connectivity index (χ1v) is 7.26. The summed E-state index contributed by atoms with van der Waals surface area (Å²) in [4.78, 5) is 9.43. The molecule has 3 rings (SSSR count). The van der Waals surface area contributed by atoms with Crippen LogP contribution in [0.1, 0.15) is 19.0 Å². The Morgan fingerprint density at radius 2 is 2.20 bits per heavy atom. The molecule has 20 heavy (non-hydrogen) atoms. The molecule has 0 bridgehead atoms. The van der Waals surface area contributed by atoms with Crippen molar-refractivity contribution in [3.05, 3.63) is 30.1 Å². The molecule has 1 atom stereocenters. The molecule has 0 spiro atoms. The maximum absolute atomic E-state index is 9.71. The van der Waals surface area contributed by atoms with Crippen molar-refractivity contribution < 1.29 is 5.11 Å². The molecule has 5 heteroatoms. The third kappa shape index (κ3) is 2.17. The van der Waals surface area contributed by atoms with Gasteiger partial charge in [-0.3, -0.25) is 9.30 Å². The first kappa shape index (κ1) is 13.4. The van der Waals surface area contributed by atoms with Crippen LogP contribution in [0.4, 0.5) is 5.82 Å². The summed E-state index contributed by atoms with van der Waals surface area (Å²) in [7, 11) is 2.18. The predicted octanol–water partition coefficient (Wildman–Crippen LogP) is 1.36. The molecule has 108 valence electrons. The lowest BCUT2D eigenvalue weighted by molar-refractivity contribution is 0.212. The summed E-state index contributed by atoms with van der Waals surface area (Å²) in [6.07, 6.45) is 3.10. The largest absolute Gasteiger partial charge is 0.390 e. The van der Waals surface area contributed by atoms with Crippen molar-refractivity contribution in [3.8, 4) is 0 Å². The Labute approximate surface area is 119 Å². The van der Waals surface area contributed by atoms with Crippen LogP contribution in [-0.4, -0.2) is 52.1 Å². The molecular formula is C15H22N4O. The van der Waals surface area contributed by atoms with Crippen molar-refractivity contribution in [2.75, 3.05) is 31.6 Å². The van der Waals surface area contributed by atoms with Crippen LogP contribution < -0.4 is 4.90 Å². The summed E-state index contributed by atoms with van der Waals surface area (Å²) < 4.78 is 1.98. The van der Waals surface area contributed by atoms with Crippen LogP contribution in [0.5, 0.6) is 0 Å². The van der Waals surface area contributed by atoms with Crippen LogP contribution in [0.3, 0.4) is 0 Å². The van der Waals surface area contributed by atoms with Gasteiger partial charge in [0, 0.05) is 31.9 Å². The second-order valence-corrected chi connectivity index (χ2v) is 5.46. The van der Waals surface area contributed by atoms with Crippen molar-refractivity contribution in [1.82, 2.24) is 14.3 Å². The zero-order valence-electron chi connectivity index (χ0n) is 12.2. The molecule has 1 aliphatic heterocycles. The zero-order valence-corrected chi connectivity index (χ0v) is 12.2. The standard InChI is InChI=1S/C15H22N4O/c1-3-12-10-18(9-8-17(12)2)15-13(11-20)19-7-5-4-6-14(19)16-15/h4-7,12,20H,3,8-11H2,1-2H3. The summed E-state index contributed by atoms with van der Waals surface area (Å²) in [5, 5.41) is 9.71. The number of rotatable bonds is 3. The summed E-state index contributed by atoms with van der Waals surface area (Å²) in [5.41, 5.74) is 1.79. The normalized spacial score (nSPS) is 20.8. The number of aromatic nitrogens is 2. The SMILES string of the molecule is CCC1CN(c2nc3ccccn3c2CO)CCN1C. The van der Waals surface area contributed by atoms with Gasteiger partial charge in [0.15, 0.2) is 5.82 Å². The van der Waals surface area contributed by atoms with E-state index < -0.39 is 0 Å². The highest BCUT2D eigenvalue weighted by Gasteiger charge is 2.26. The lowest BCUT2D eigenvalue weighted by Crippen LogP contribution is -2.51. The van der Waals surface area contributed by atoms with Gasteiger partial charge in [-0.1, -0.05) is 13.0 Å². The van der Waals surface area contributed by atoms with E-state index in [4.69, 9.17) is 4.98 Å². The molecule has 1 N–H and O–H groups in total. The number of hydrogen-bond acceptors (Lipinski definition) is 4. The minimum absolute atomic E-state index is 0.0175. The average molecular weight is 274 g/mol. The number of nitrogens with zero attached hydrogens (tertiary/aromatic N) is 4. The first-order chi connectivity index (χ1) is 9.74. The van der Waals surface area contributed by atoms with Crippen LogP contribution in [0.2, 0.25) is 0 Å². The number of aliphatic hydroxyl groups is 1. The topological polar surface area (TPSA) is 44.0 Å². The highest BCUT2D eigenvalue weighted by atomic mass is 16.3. The van der Waals surface area contributed by atoms with Gasteiger partial charge in [-0.15, -0.1) is 0 Å². The number of imidazole rings is 1. The molecule has 1 fully saturated rings. The van der Waals surface area contributed by atoms with Gasteiger partial charge in [-0.05, 0) is 25.6 Å². The number of fused-ring (bicyclic) bond motifs is 1. The fourth-order valence-corrected chi connectivity index (χ4v) is 3.01. The molecule has 1 unspecified atom stereocenters. The van der Waals surface area contributed by atoms with Gasteiger partial charge in [-0.25, -0.2) is 4.98 Å². The lowest BCUT2D eigenvalue weighted by atomic mass is 10.1. The maximum atomic E-state index is 9.71. The van der Waals surface area contributed by atoms with E-state index in [1.807, 2.05) is 28.8 Å². The second-order valence-electron chi connectivity index (χ2n) is 5.46. The summed E-state index contributed by atoms with van der Waals surface area (Å²) >= 11 is 0. The average Bonchev–Trinajstić information content (AvgIpc) is 2.86. The first-order valence-electron chi connectivity index (χ1n) is 7.26.